The first-order valence-electron chi connectivity index (χ1n) is 7.90. The zero-order chi connectivity index (χ0) is 14.2. The molecule has 0 radical (unpaired) electrons. The van der Waals surface area contributed by atoms with Gasteiger partial charge in [0.05, 0.1) is 5.41 Å². The van der Waals surface area contributed by atoms with Crippen molar-refractivity contribution in [2.45, 2.75) is 44.7 Å². The van der Waals surface area contributed by atoms with Crippen molar-refractivity contribution in [1.29, 1.82) is 0 Å². The fraction of sp³-hybridized carbons (Fsp3) is 0.933. The molecule has 20 heavy (non-hydrogen) atoms. The van der Waals surface area contributed by atoms with Gasteiger partial charge in [0.25, 0.3) is 0 Å². The maximum absolute atomic E-state index is 11.8. The SMILES string of the molecule is CC1CN2CCCC2CN1CC1(C(=O)O)CCOCC1. The Bertz CT molecular complexity index is 368. The van der Waals surface area contributed by atoms with Gasteiger partial charge in [0.15, 0.2) is 0 Å². The average Bonchev–Trinajstić information content (AvgIpc) is 2.87. The zero-order valence-electron chi connectivity index (χ0n) is 12.4. The molecular formula is C15H26N2O3. The molecule has 0 aromatic carbocycles. The summed E-state index contributed by atoms with van der Waals surface area (Å²) in [7, 11) is 0. The van der Waals surface area contributed by atoms with Crippen molar-refractivity contribution >= 4 is 5.97 Å². The number of piperazine rings is 1. The molecule has 114 valence electrons. The Labute approximate surface area is 120 Å². The van der Waals surface area contributed by atoms with E-state index in [2.05, 4.69) is 16.7 Å². The molecule has 3 aliphatic heterocycles. The fourth-order valence-electron chi connectivity index (χ4n) is 4.06. The second-order valence-corrected chi connectivity index (χ2v) is 6.77. The van der Waals surface area contributed by atoms with E-state index >= 15 is 0 Å². The van der Waals surface area contributed by atoms with Gasteiger partial charge < -0.3 is 9.84 Å². The molecule has 3 fully saturated rings. The minimum absolute atomic E-state index is 0.461. The third-order valence-corrected chi connectivity index (χ3v) is 5.48. The van der Waals surface area contributed by atoms with E-state index in [1.54, 1.807) is 0 Å². The first-order valence-corrected chi connectivity index (χ1v) is 7.90. The number of nitrogens with zero attached hydrogens (tertiary/aromatic N) is 2. The molecule has 0 aromatic heterocycles. The number of carbonyl (C=O) groups is 1. The van der Waals surface area contributed by atoms with Crippen LogP contribution in [-0.4, -0.2) is 72.4 Å². The molecule has 3 rings (SSSR count). The van der Waals surface area contributed by atoms with Crippen LogP contribution in [0.25, 0.3) is 0 Å². The van der Waals surface area contributed by atoms with Crippen molar-refractivity contribution < 1.29 is 14.6 Å². The molecule has 1 N–H and O–H groups in total. The summed E-state index contributed by atoms with van der Waals surface area (Å²) in [5.74, 6) is -0.637. The van der Waals surface area contributed by atoms with E-state index in [1.807, 2.05) is 0 Å². The molecule has 3 aliphatic rings. The molecule has 0 saturated carbocycles. The number of fused-ring (bicyclic) bond motifs is 1. The normalized spacial score (nSPS) is 34.9. The number of carboxylic acids is 1. The Kier molecular flexibility index (Phi) is 4.02. The molecular weight excluding hydrogens is 256 g/mol. The van der Waals surface area contributed by atoms with Crippen LogP contribution in [0.3, 0.4) is 0 Å². The van der Waals surface area contributed by atoms with Crippen molar-refractivity contribution in [3.05, 3.63) is 0 Å². The first kappa shape index (κ1) is 14.3. The molecule has 2 atom stereocenters. The fourth-order valence-corrected chi connectivity index (χ4v) is 4.06. The Morgan fingerprint density at radius 2 is 2.10 bits per heavy atom. The van der Waals surface area contributed by atoms with E-state index in [0.29, 0.717) is 44.7 Å². The highest BCUT2D eigenvalue weighted by Gasteiger charge is 2.44. The maximum Gasteiger partial charge on any atom is 0.311 e. The highest BCUT2D eigenvalue weighted by Crippen LogP contribution is 2.34. The lowest BCUT2D eigenvalue weighted by Gasteiger charge is -2.46. The predicted octanol–water partition coefficient (Wildman–Crippen LogP) is 1.04. The van der Waals surface area contributed by atoms with Crippen molar-refractivity contribution in [3.63, 3.8) is 0 Å². The number of aliphatic carboxylic acids is 1. The van der Waals surface area contributed by atoms with Gasteiger partial charge in [-0.2, -0.15) is 0 Å². The second-order valence-electron chi connectivity index (χ2n) is 6.77. The van der Waals surface area contributed by atoms with Crippen LogP contribution in [0.4, 0.5) is 0 Å². The van der Waals surface area contributed by atoms with Gasteiger partial charge in [-0.15, -0.1) is 0 Å². The number of rotatable bonds is 3. The van der Waals surface area contributed by atoms with Gasteiger partial charge in [-0.25, -0.2) is 0 Å². The summed E-state index contributed by atoms with van der Waals surface area (Å²) in [6.07, 6.45) is 3.87. The minimum Gasteiger partial charge on any atom is -0.481 e. The highest BCUT2D eigenvalue weighted by molar-refractivity contribution is 5.75. The van der Waals surface area contributed by atoms with Crippen LogP contribution in [0.1, 0.15) is 32.6 Å². The molecule has 0 bridgehead atoms. The van der Waals surface area contributed by atoms with Crippen LogP contribution in [0.2, 0.25) is 0 Å². The van der Waals surface area contributed by atoms with E-state index in [9.17, 15) is 9.90 Å². The lowest BCUT2D eigenvalue weighted by molar-refractivity contribution is -0.158. The van der Waals surface area contributed by atoms with Crippen LogP contribution in [0.5, 0.6) is 0 Å². The topological polar surface area (TPSA) is 53.0 Å². The molecule has 5 heteroatoms. The van der Waals surface area contributed by atoms with Crippen molar-refractivity contribution in [1.82, 2.24) is 9.80 Å². The van der Waals surface area contributed by atoms with Gasteiger partial charge in [0.1, 0.15) is 0 Å². The Morgan fingerprint density at radius 1 is 1.35 bits per heavy atom. The molecule has 0 aliphatic carbocycles. The van der Waals surface area contributed by atoms with E-state index < -0.39 is 11.4 Å². The molecule has 5 nitrogen and oxygen atoms in total. The third-order valence-electron chi connectivity index (χ3n) is 5.48. The van der Waals surface area contributed by atoms with Gasteiger partial charge in [0.2, 0.25) is 0 Å². The molecule has 0 spiro atoms. The van der Waals surface area contributed by atoms with Gasteiger partial charge in [-0.05, 0) is 39.2 Å². The third kappa shape index (κ3) is 2.59. The van der Waals surface area contributed by atoms with Gasteiger partial charge in [-0.3, -0.25) is 14.6 Å². The molecule has 3 saturated heterocycles. The van der Waals surface area contributed by atoms with Crippen LogP contribution < -0.4 is 0 Å². The van der Waals surface area contributed by atoms with Gasteiger partial charge in [-0.1, -0.05) is 0 Å². The Morgan fingerprint density at radius 3 is 2.80 bits per heavy atom. The lowest BCUT2D eigenvalue weighted by atomic mass is 9.79. The number of hydrogen-bond acceptors (Lipinski definition) is 4. The lowest BCUT2D eigenvalue weighted by Crippen LogP contribution is -2.58. The van der Waals surface area contributed by atoms with E-state index in [1.165, 1.54) is 19.4 Å². The smallest absolute Gasteiger partial charge is 0.311 e. The maximum atomic E-state index is 11.8. The quantitative estimate of drug-likeness (QED) is 0.838. The summed E-state index contributed by atoms with van der Waals surface area (Å²) < 4.78 is 5.37. The van der Waals surface area contributed by atoms with E-state index in [4.69, 9.17) is 4.74 Å². The molecule has 2 unspecified atom stereocenters. The molecule has 0 aromatic rings. The summed E-state index contributed by atoms with van der Waals surface area (Å²) in [6, 6.07) is 1.11. The van der Waals surface area contributed by atoms with Crippen LogP contribution in [0, 0.1) is 5.41 Å². The summed E-state index contributed by atoms with van der Waals surface area (Å²) in [5, 5.41) is 9.70. The van der Waals surface area contributed by atoms with Crippen LogP contribution >= 0.6 is 0 Å². The van der Waals surface area contributed by atoms with Crippen LogP contribution in [-0.2, 0) is 9.53 Å². The van der Waals surface area contributed by atoms with E-state index in [0.717, 1.165) is 13.1 Å². The highest BCUT2D eigenvalue weighted by atomic mass is 16.5. The summed E-state index contributed by atoms with van der Waals surface area (Å²) in [6.45, 7) is 7.46. The number of carboxylic acid groups (broad SMARTS) is 1. The average molecular weight is 282 g/mol. The summed E-state index contributed by atoms with van der Waals surface area (Å²) in [4.78, 5) is 16.8. The number of ether oxygens (including phenoxy) is 1. The second kappa shape index (κ2) is 5.62. The van der Waals surface area contributed by atoms with Gasteiger partial charge in [0, 0.05) is 44.9 Å². The van der Waals surface area contributed by atoms with Gasteiger partial charge >= 0.3 is 5.97 Å². The largest absolute Gasteiger partial charge is 0.481 e. The molecule has 3 heterocycles. The van der Waals surface area contributed by atoms with Crippen molar-refractivity contribution in [2.24, 2.45) is 5.41 Å². The predicted molar refractivity (Wildman–Crippen MR) is 75.8 cm³/mol. The van der Waals surface area contributed by atoms with E-state index in [-0.39, 0.29) is 0 Å². The van der Waals surface area contributed by atoms with Crippen LogP contribution in [0.15, 0.2) is 0 Å². The monoisotopic (exact) mass is 282 g/mol. The molecule has 0 amide bonds. The first-order chi connectivity index (χ1) is 9.61. The Balaban J connectivity index is 1.69. The minimum atomic E-state index is -0.637. The zero-order valence-corrected chi connectivity index (χ0v) is 12.4. The number of hydrogen-bond donors (Lipinski definition) is 1. The standard InChI is InChI=1S/C15H26N2O3/c1-12-9-16-6-2-3-13(16)10-17(12)11-15(14(18)19)4-7-20-8-5-15/h12-13H,2-11H2,1H3,(H,18,19). The Hall–Kier alpha value is -0.650. The van der Waals surface area contributed by atoms with Crippen molar-refractivity contribution in [2.75, 3.05) is 39.4 Å². The van der Waals surface area contributed by atoms with Crippen molar-refractivity contribution in [3.8, 4) is 0 Å². The summed E-state index contributed by atoms with van der Waals surface area (Å²) in [5.41, 5.74) is -0.590. The summed E-state index contributed by atoms with van der Waals surface area (Å²) >= 11 is 0.